The Bertz CT molecular complexity index is 4370. The van der Waals surface area contributed by atoms with Crippen molar-refractivity contribution in [2.24, 2.45) is 0 Å². The molecule has 11 aromatic carbocycles. The van der Waals surface area contributed by atoms with E-state index in [2.05, 4.69) is 218 Å². The molecule has 0 aliphatic heterocycles. The zero-order valence-electron chi connectivity index (χ0n) is 38.2. The normalized spacial score (nSPS) is 12.1. The molecule has 6 heteroatoms. The second-order valence-corrected chi connectivity index (χ2v) is 20.6. The van der Waals surface area contributed by atoms with Gasteiger partial charge in [0.15, 0.2) is 11.2 Å². The highest BCUT2D eigenvalue weighted by molar-refractivity contribution is 7.28. The maximum atomic E-state index is 6.75. The van der Waals surface area contributed by atoms with Crippen LogP contribution in [0.1, 0.15) is 11.1 Å². The molecule has 0 saturated heterocycles. The van der Waals surface area contributed by atoms with Crippen LogP contribution in [0.5, 0.6) is 0 Å². The molecule has 0 spiro atoms. The largest absolute Gasteiger partial charge is 0.454 e. The molecule has 0 fully saturated rings. The standard InChI is InChI=1S/C64H40N2O2S2/c1-37-17-3-11-27-49(37)65(51-29-15-25-45-41-21-9-13-31-55(41)67-63(45)51)53-34-59-61(43-23-7-5-19-39(43)53)47-33-48-58(36-57(47)69-59)70-60-35-54(40-20-6-8-24-44(40)62(48)60)66(50-28-12-4-18-38(50)2)52-30-16-26-46-42-22-10-14-32-56(42)68-64(46)52/h3-36H,1-2H3. The van der Waals surface area contributed by atoms with Crippen molar-refractivity contribution in [1.29, 1.82) is 0 Å². The number of thiophene rings is 2. The van der Waals surface area contributed by atoms with Crippen LogP contribution < -0.4 is 9.80 Å². The smallest absolute Gasteiger partial charge is 0.159 e. The molecule has 0 amide bonds. The van der Waals surface area contributed by atoms with Crippen molar-refractivity contribution in [2.75, 3.05) is 9.80 Å². The van der Waals surface area contributed by atoms with Gasteiger partial charge in [-0.15, -0.1) is 22.7 Å². The number of hydrogen-bond acceptors (Lipinski definition) is 6. The minimum Gasteiger partial charge on any atom is -0.454 e. The quantitative estimate of drug-likeness (QED) is 0.166. The first kappa shape index (κ1) is 39.6. The van der Waals surface area contributed by atoms with Crippen LogP contribution in [0.4, 0.5) is 34.1 Å². The van der Waals surface area contributed by atoms with Crippen LogP contribution in [0.3, 0.4) is 0 Å². The summed E-state index contributed by atoms with van der Waals surface area (Å²) >= 11 is 3.77. The lowest BCUT2D eigenvalue weighted by molar-refractivity contribution is 0.668. The number of rotatable bonds is 6. The molecular formula is C64H40N2O2S2. The van der Waals surface area contributed by atoms with Gasteiger partial charge in [0, 0.05) is 84.0 Å². The summed E-state index contributed by atoms with van der Waals surface area (Å²) < 4.78 is 18.6. The van der Waals surface area contributed by atoms with E-state index >= 15 is 0 Å². The van der Waals surface area contributed by atoms with E-state index in [4.69, 9.17) is 8.83 Å². The van der Waals surface area contributed by atoms with E-state index in [1.807, 2.05) is 34.8 Å². The third kappa shape index (κ3) is 5.69. The molecule has 4 nitrogen and oxygen atoms in total. The lowest BCUT2D eigenvalue weighted by Crippen LogP contribution is -2.12. The van der Waals surface area contributed by atoms with E-state index in [0.29, 0.717) is 0 Å². The van der Waals surface area contributed by atoms with Gasteiger partial charge in [-0.05, 0) is 96.4 Å². The van der Waals surface area contributed by atoms with Crippen molar-refractivity contribution in [3.63, 3.8) is 0 Å². The van der Waals surface area contributed by atoms with E-state index < -0.39 is 0 Å². The van der Waals surface area contributed by atoms with Crippen molar-refractivity contribution in [2.45, 2.75) is 13.8 Å². The number of nitrogens with zero attached hydrogens (tertiary/aromatic N) is 2. The minimum atomic E-state index is 0.878. The molecule has 70 heavy (non-hydrogen) atoms. The molecule has 0 bridgehead atoms. The average Bonchev–Trinajstić information content (AvgIpc) is 4.17. The van der Waals surface area contributed by atoms with Gasteiger partial charge in [-0.2, -0.15) is 0 Å². The molecule has 0 saturated carbocycles. The first-order valence-electron chi connectivity index (χ1n) is 23.7. The predicted octanol–water partition coefficient (Wildman–Crippen LogP) is 20.1. The fourth-order valence-electron chi connectivity index (χ4n) is 11.3. The molecule has 4 aromatic heterocycles. The number of para-hydroxylation sites is 6. The number of fused-ring (bicyclic) bond motifs is 16. The van der Waals surface area contributed by atoms with Crippen LogP contribution in [0.25, 0.3) is 106 Å². The second kappa shape index (κ2) is 15.0. The zero-order valence-corrected chi connectivity index (χ0v) is 39.8. The van der Waals surface area contributed by atoms with Crippen molar-refractivity contribution in [3.8, 4) is 0 Å². The van der Waals surface area contributed by atoms with Gasteiger partial charge >= 0.3 is 0 Å². The van der Waals surface area contributed by atoms with Gasteiger partial charge in [-0.3, -0.25) is 0 Å². The average molecular weight is 933 g/mol. The summed E-state index contributed by atoms with van der Waals surface area (Å²) in [6.45, 7) is 4.40. The van der Waals surface area contributed by atoms with Gasteiger partial charge in [-0.25, -0.2) is 0 Å². The number of anilines is 6. The van der Waals surface area contributed by atoms with Crippen molar-refractivity contribution in [1.82, 2.24) is 0 Å². The molecule has 0 radical (unpaired) electrons. The summed E-state index contributed by atoms with van der Waals surface area (Å²) in [4.78, 5) is 4.85. The van der Waals surface area contributed by atoms with Crippen LogP contribution >= 0.6 is 22.7 Å². The van der Waals surface area contributed by atoms with E-state index in [1.165, 1.54) is 73.0 Å². The topological polar surface area (TPSA) is 32.8 Å². The Morgan fingerprint density at radius 2 is 0.657 bits per heavy atom. The van der Waals surface area contributed by atoms with Crippen LogP contribution in [-0.2, 0) is 0 Å². The molecule has 15 rings (SSSR count). The maximum Gasteiger partial charge on any atom is 0.159 e. The number of benzene rings is 11. The lowest BCUT2D eigenvalue weighted by atomic mass is 9.98. The SMILES string of the molecule is Cc1ccccc1N(c1cc2sc3cc4sc5cc(N(c6ccccc6C)c6cccc7c6oc6ccccc67)c6ccccc6c5c4cc3c2c2ccccc12)c1cccc2c1oc1ccccc12. The second-order valence-electron chi connectivity index (χ2n) is 18.4. The highest BCUT2D eigenvalue weighted by atomic mass is 32.1. The monoisotopic (exact) mass is 932 g/mol. The van der Waals surface area contributed by atoms with E-state index in [9.17, 15) is 0 Å². The summed E-state index contributed by atoms with van der Waals surface area (Å²) in [6.07, 6.45) is 0. The van der Waals surface area contributed by atoms with Gasteiger partial charge in [0.2, 0.25) is 0 Å². The summed E-state index contributed by atoms with van der Waals surface area (Å²) in [6, 6.07) is 74.9. The van der Waals surface area contributed by atoms with E-state index in [1.54, 1.807) is 0 Å². The molecule has 4 heterocycles. The Kier molecular flexibility index (Phi) is 8.50. The lowest BCUT2D eigenvalue weighted by Gasteiger charge is -2.28. The molecule has 0 aliphatic carbocycles. The van der Waals surface area contributed by atoms with Gasteiger partial charge in [-0.1, -0.05) is 146 Å². The van der Waals surface area contributed by atoms with Crippen molar-refractivity contribution >= 4 is 163 Å². The highest BCUT2D eigenvalue weighted by Gasteiger charge is 2.27. The van der Waals surface area contributed by atoms with Crippen LogP contribution in [0, 0.1) is 13.8 Å². The Morgan fingerprint density at radius 3 is 1.11 bits per heavy atom. The molecule has 15 aromatic rings. The molecular weight excluding hydrogens is 893 g/mol. The van der Waals surface area contributed by atoms with Gasteiger partial charge < -0.3 is 18.6 Å². The van der Waals surface area contributed by atoms with Gasteiger partial charge in [0.1, 0.15) is 11.2 Å². The van der Waals surface area contributed by atoms with E-state index in [0.717, 1.165) is 78.0 Å². The number of hydrogen-bond donors (Lipinski definition) is 0. The molecule has 0 atom stereocenters. The third-order valence-corrected chi connectivity index (χ3v) is 16.7. The zero-order chi connectivity index (χ0) is 46.2. The Hall–Kier alpha value is -8.42. The van der Waals surface area contributed by atoms with Crippen molar-refractivity contribution in [3.05, 3.63) is 217 Å². The molecule has 330 valence electrons. The summed E-state index contributed by atoms with van der Waals surface area (Å²) in [5, 5.41) is 14.4. The Morgan fingerprint density at radius 1 is 0.286 bits per heavy atom. The maximum absolute atomic E-state index is 6.75. The summed E-state index contributed by atoms with van der Waals surface area (Å²) in [5.74, 6) is 0. The fourth-order valence-corrected chi connectivity index (χ4v) is 13.8. The molecule has 0 unspecified atom stereocenters. The molecule has 0 aliphatic rings. The van der Waals surface area contributed by atoms with Gasteiger partial charge in [0.25, 0.3) is 0 Å². The van der Waals surface area contributed by atoms with Gasteiger partial charge in [0.05, 0.1) is 22.7 Å². The first-order valence-corrected chi connectivity index (χ1v) is 25.4. The fraction of sp³-hybridized carbons (Fsp3) is 0.0312. The first-order chi connectivity index (χ1) is 34.6. The van der Waals surface area contributed by atoms with Crippen LogP contribution in [0.15, 0.2) is 215 Å². The summed E-state index contributed by atoms with van der Waals surface area (Å²) in [7, 11) is 0. The number of aryl methyl sites for hydroxylation is 2. The van der Waals surface area contributed by atoms with E-state index in [-0.39, 0.29) is 0 Å². The third-order valence-electron chi connectivity index (χ3n) is 14.5. The number of furan rings is 2. The Labute approximate surface area is 410 Å². The minimum absolute atomic E-state index is 0.878. The predicted molar refractivity (Wildman–Crippen MR) is 301 cm³/mol. The highest BCUT2D eigenvalue weighted by Crippen LogP contribution is 2.53. The van der Waals surface area contributed by atoms with Crippen LogP contribution in [0.2, 0.25) is 0 Å². The Balaban J connectivity index is 0.972. The summed E-state index contributed by atoms with van der Waals surface area (Å²) in [5.41, 5.74) is 12.4. The van der Waals surface area contributed by atoms with Crippen molar-refractivity contribution < 1.29 is 8.83 Å². The van der Waals surface area contributed by atoms with Crippen LogP contribution in [-0.4, -0.2) is 0 Å². The molecule has 0 N–H and O–H groups in total.